The second kappa shape index (κ2) is 8.61. The van der Waals surface area contributed by atoms with Gasteiger partial charge in [-0.15, -0.1) is 0 Å². The highest BCUT2D eigenvalue weighted by atomic mass is 16.5. The van der Waals surface area contributed by atoms with Gasteiger partial charge in [0.25, 0.3) is 0 Å². The molecule has 0 amide bonds. The number of anilines is 2. The zero-order valence-corrected chi connectivity index (χ0v) is 12.0. The van der Waals surface area contributed by atoms with Gasteiger partial charge in [0.1, 0.15) is 5.75 Å². The first-order valence-corrected chi connectivity index (χ1v) is 6.48. The Labute approximate surface area is 115 Å². The number of nitrogens with zero attached hydrogens (tertiary/aromatic N) is 1. The summed E-state index contributed by atoms with van der Waals surface area (Å²) in [6.45, 7) is 5.76. The number of rotatable bonds is 9. The number of methoxy groups -OCH3 is 2. The van der Waals surface area contributed by atoms with Gasteiger partial charge in [0, 0.05) is 32.0 Å². The number of nitrogen functional groups attached to an aromatic ring is 1. The molecule has 5 heteroatoms. The van der Waals surface area contributed by atoms with E-state index in [0.29, 0.717) is 31.3 Å². The molecular weight excluding hydrogens is 244 g/mol. The molecule has 0 aliphatic rings. The minimum Gasteiger partial charge on any atom is -0.495 e. The molecule has 2 N–H and O–H groups in total. The Morgan fingerprint density at radius 3 is 2.58 bits per heavy atom. The largest absolute Gasteiger partial charge is 0.495 e. The van der Waals surface area contributed by atoms with Crippen molar-refractivity contribution in [2.75, 3.05) is 57.8 Å². The molecule has 0 bridgehead atoms. The highest BCUT2D eigenvalue weighted by Crippen LogP contribution is 2.27. The summed E-state index contributed by atoms with van der Waals surface area (Å²) < 4.78 is 15.7. The summed E-state index contributed by atoms with van der Waals surface area (Å²) in [4.78, 5) is 2.22. The molecule has 0 saturated heterocycles. The third kappa shape index (κ3) is 4.96. The van der Waals surface area contributed by atoms with Gasteiger partial charge in [-0.3, -0.25) is 0 Å². The Morgan fingerprint density at radius 1 is 1.16 bits per heavy atom. The second-order valence-corrected chi connectivity index (χ2v) is 4.11. The van der Waals surface area contributed by atoms with Crippen molar-refractivity contribution in [1.82, 2.24) is 0 Å². The van der Waals surface area contributed by atoms with Crippen molar-refractivity contribution in [3.8, 4) is 5.75 Å². The highest BCUT2D eigenvalue weighted by molar-refractivity contribution is 5.62. The maximum absolute atomic E-state index is 5.81. The van der Waals surface area contributed by atoms with E-state index in [2.05, 4.69) is 11.8 Å². The topological polar surface area (TPSA) is 57.0 Å². The number of hydrogen-bond acceptors (Lipinski definition) is 5. The van der Waals surface area contributed by atoms with E-state index in [1.54, 1.807) is 14.2 Å². The summed E-state index contributed by atoms with van der Waals surface area (Å²) in [5.74, 6) is 0.705. The van der Waals surface area contributed by atoms with Gasteiger partial charge in [-0.05, 0) is 19.1 Å². The number of benzene rings is 1. The van der Waals surface area contributed by atoms with E-state index in [1.165, 1.54) is 0 Å². The molecule has 0 aromatic heterocycles. The van der Waals surface area contributed by atoms with Crippen molar-refractivity contribution in [1.29, 1.82) is 0 Å². The van der Waals surface area contributed by atoms with Gasteiger partial charge in [-0.1, -0.05) is 0 Å². The molecule has 0 aliphatic carbocycles. The van der Waals surface area contributed by atoms with E-state index < -0.39 is 0 Å². The molecule has 0 radical (unpaired) electrons. The molecule has 0 unspecified atom stereocenters. The molecule has 1 aromatic rings. The molecule has 0 spiro atoms. The molecule has 0 aliphatic heterocycles. The van der Waals surface area contributed by atoms with Crippen LogP contribution in [0.3, 0.4) is 0 Å². The first kappa shape index (κ1) is 15.6. The third-order valence-corrected chi connectivity index (χ3v) is 2.90. The third-order valence-electron chi connectivity index (χ3n) is 2.90. The van der Waals surface area contributed by atoms with Crippen LogP contribution in [0.1, 0.15) is 6.92 Å². The smallest absolute Gasteiger partial charge is 0.143 e. The van der Waals surface area contributed by atoms with Gasteiger partial charge in [-0.2, -0.15) is 0 Å². The molecule has 0 saturated carbocycles. The summed E-state index contributed by atoms with van der Waals surface area (Å²) in [7, 11) is 3.29. The van der Waals surface area contributed by atoms with Gasteiger partial charge in [-0.25, -0.2) is 0 Å². The molecule has 1 aromatic carbocycles. The summed E-state index contributed by atoms with van der Waals surface area (Å²) in [5, 5.41) is 0. The minimum absolute atomic E-state index is 0.624. The predicted octanol–water partition coefficient (Wildman–Crippen LogP) is 1.77. The van der Waals surface area contributed by atoms with Crippen LogP contribution in [0, 0.1) is 0 Å². The van der Waals surface area contributed by atoms with Gasteiger partial charge < -0.3 is 24.8 Å². The van der Waals surface area contributed by atoms with Crippen LogP contribution in [0.25, 0.3) is 0 Å². The minimum atomic E-state index is 0.624. The molecule has 0 heterocycles. The quantitative estimate of drug-likeness (QED) is 0.546. The molecule has 108 valence electrons. The molecule has 19 heavy (non-hydrogen) atoms. The summed E-state index contributed by atoms with van der Waals surface area (Å²) in [6.07, 6.45) is 0. The van der Waals surface area contributed by atoms with Gasteiger partial charge in [0.15, 0.2) is 0 Å². The van der Waals surface area contributed by atoms with E-state index in [4.69, 9.17) is 19.9 Å². The first-order valence-electron chi connectivity index (χ1n) is 6.48. The van der Waals surface area contributed by atoms with Crippen LogP contribution in [0.4, 0.5) is 11.4 Å². The standard InChI is InChI=1S/C14H24N2O3/c1-4-16(7-8-19-10-9-17-2)12-5-6-13(15)14(11-12)18-3/h5-6,11H,4,7-10,15H2,1-3H3. The van der Waals surface area contributed by atoms with Crippen LogP contribution >= 0.6 is 0 Å². The summed E-state index contributed by atoms with van der Waals surface area (Å²) >= 11 is 0. The van der Waals surface area contributed by atoms with E-state index in [-0.39, 0.29) is 0 Å². The van der Waals surface area contributed by atoms with Gasteiger partial charge in [0.2, 0.25) is 0 Å². The lowest BCUT2D eigenvalue weighted by atomic mass is 10.2. The van der Waals surface area contributed by atoms with Gasteiger partial charge >= 0.3 is 0 Å². The van der Waals surface area contributed by atoms with Crippen LogP contribution in [0.5, 0.6) is 5.75 Å². The lowest BCUT2D eigenvalue weighted by Gasteiger charge is -2.23. The summed E-state index contributed by atoms with van der Waals surface area (Å²) in [6, 6.07) is 5.81. The number of ether oxygens (including phenoxy) is 3. The van der Waals surface area contributed by atoms with Crippen molar-refractivity contribution in [2.45, 2.75) is 6.92 Å². The fourth-order valence-electron chi connectivity index (χ4n) is 1.79. The maximum Gasteiger partial charge on any atom is 0.143 e. The number of hydrogen-bond donors (Lipinski definition) is 1. The lowest BCUT2D eigenvalue weighted by molar-refractivity contribution is 0.0741. The maximum atomic E-state index is 5.81. The molecule has 1 rings (SSSR count). The fourth-order valence-corrected chi connectivity index (χ4v) is 1.79. The molecular formula is C14H24N2O3. The lowest BCUT2D eigenvalue weighted by Crippen LogP contribution is -2.27. The predicted molar refractivity (Wildman–Crippen MR) is 78.0 cm³/mol. The first-order chi connectivity index (χ1) is 9.22. The van der Waals surface area contributed by atoms with Crippen molar-refractivity contribution in [3.05, 3.63) is 18.2 Å². The Morgan fingerprint density at radius 2 is 1.95 bits per heavy atom. The van der Waals surface area contributed by atoms with Crippen molar-refractivity contribution in [2.24, 2.45) is 0 Å². The number of nitrogens with two attached hydrogens (primary N) is 1. The Balaban J connectivity index is 2.54. The average molecular weight is 268 g/mol. The van der Waals surface area contributed by atoms with Gasteiger partial charge in [0.05, 0.1) is 32.6 Å². The normalized spacial score (nSPS) is 10.5. The fraction of sp³-hybridized carbons (Fsp3) is 0.571. The molecule has 5 nitrogen and oxygen atoms in total. The number of likely N-dealkylation sites (N-methyl/N-ethyl adjacent to an activating group) is 1. The molecule has 0 atom stereocenters. The zero-order chi connectivity index (χ0) is 14.1. The van der Waals surface area contributed by atoms with Crippen LogP contribution in [-0.2, 0) is 9.47 Å². The highest BCUT2D eigenvalue weighted by Gasteiger charge is 2.07. The van der Waals surface area contributed by atoms with Crippen molar-refractivity contribution in [3.63, 3.8) is 0 Å². The Kier molecular flexibility index (Phi) is 7.07. The van der Waals surface area contributed by atoms with E-state index in [1.807, 2.05) is 18.2 Å². The zero-order valence-electron chi connectivity index (χ0n) is 12.0. The van der Waals surface area contributed by atoms with Crippen LogP contribution < -0.4 is 15.4 Å². The average Bonchev–Trinajstić information content (AvgIpc) is 2.44. The summed E-state index contributed by atoms with van der Waals surface area (Å²) in [5.41, 5.74) is 7.55. The SMILES string of the molecule is CCN(CCOCCOC)c1ccc(N)c(OC)c1. The second-order valence-electron chi connectivity index (χ2n) is 4.11. The van der Waals surface area contributed by atoms with Crippen LogP contribution in [0.15, 0.2) is 18.2 Å². The molecule has 0 fully saturated rings. The van der Waals surface area contributed by atoms with Crippen LogP contribution in [0.2, 0.25) is 0 Å². The van der Waals surface area contributed by atoms with E-state index >= 15 is 0 Å². The monoisotopic (exact) mass is 268 g/mol. The Bertz CT molecular complexity index is 372. The Hall–Kier alpha value is -1.46. The van der Waals surface area contributed by atoms with Crippen molar-refractivity contribution < 1.29 is 14.2 Å². The van der Waals surface area contributed by atoms with Crippen LogP contribution in [-0.4, -0.2) is 47.1 Å². The van der Waals surface area contributed by atoms with E-state index in [0.717, 1.165) is 18.8 Å². The van der Waals surface area contributed by atoms with E-state index in [9.17, 15) is 0 Å². The van der Waals surface area contributed by atoms with Crippen molar-refractivity contribution >= 4 is 11.4 Å².